The number of aromatic carboxylic acids is 1. The molecule has 0 aliphatic rings. The Kier molecular flexibility index (Phi) is 4.33. The van der Waals surface area contributed by atoms with E-state index in [1.54, 1.807) is 18.5 Å². The van der Waals surface area contributed by atoms with Crippen LogP contribution >= 0.6 is 0 Å². The first-order chi connectivity index (χ1) is 11.2. The largest absolute Gasteiger partial charge is 0.478 e. The highest BCUT2D eigenvalue weighted by Crippen LogP contribution is 2.26. The second-order valence-electron chi connectivity index (χ2n) is 5.55. The van der Waals surface area contributed by atoms with Crippen LogP contribution < -0.4 is 0 Å². The first-order valence-corrected chi connectivity index (χ1v) is 7.76. The smallest absolute Gasteiger partial charge is 0.336 e. The molecule has 3 aromatic rings. The molecule has 1 N–H and O–H groups in total. The summed E-state index contributed by atoms with van der Waals surface area (Å²) in [5.74, 6) is -0.930. The van der Waals surface area contributed by atoms with Crippen molar-refractivity contribution in [1.29, 1.82) is 0 Å². The highest BCUT2D eigenvalue weighted by molar-refractivity contribution is 6.03. The fourth-order valence-electron chi connectivity index (χ4n) is 2.66. The lowest BCUT2D eigenvalue weighted by atomic mass is 10.0. The molecule has 3 rings (SSSR count). The van der Waals surface area contributed by atoms with Crippen molar-refractivity contribution in [2.24, 2.45) is 0 Å². The van der Waals surface area contributed by atoms with Crippen LogP contribution in [0.3, 0.4) is 0 Å². The average Bonchev–Trinajstić information content (AvgIpc) is 2.59. The highest BCUT2D eigenvalue weighted by atomic mass is 16.4. The quantitative estimate of drug-likeness (QED) is 0.761. The number of benzene rings is 1. The standard InChI is InChI=1S/C19H18N2O2/c1-2-3-4-13-5-6-17-15(11-13)16(19(22)23)12-18(21-17)14-7-9-20-10-8-14/h5-12H,2-4H2,1H3,(H,22,23). The van der Waals surface area contributed by atoms with E-state index in [1.807, 2.05) is 30.3 Å². The summed E-state index contributed by atoms with van der Waals surface area (Å²) in [5, 5.41) is 10.3. The van der Waals surface area contributed by atoms with E-state index in [4.69, 9.17) is 0 Å². The van der Waals surface area contributed by atoms with E-state index < -0.39 is 5.97 Å². The second-order valence-corrected chi connectivity index (χ2v) is 5.55. The Labute approximate surface area is 134 Å². The number of carboxylic acid groups (broad SMARTS) is 1. The number of hydrogen-bond donors (Lipinski definition) is 1. The van der Waals surface area contributed by atoms with Gasteiger partial charge in [-0.1, -0.05) is 19.4 Å². The first-order valence-electron chi connectivity index (χ1n) is 7.76. The number of aromatic nitrogens is 2. The van der Waals surface area contributed by atoms with Gasteiger partial charge in [-0.3, -0.25) is 4.98 Å². The minimum atomic E-state index is -0.930. The number of nitrogens with zero attached hydrogens (tertiary/aromatic N) is 2. The van der Waals surface area contributed by atoms with E-state index in [-0.39, 0.29) is 0 Å². The van der Waals surface area contributed by atoms with Crippen molar-refractivity contribution in [3.05, 3.63) is 59.9 Å². The summed E-state index contributed by atoms with van der Waals surface area (Å²) in [5.41, 5.74) is 3.66. The zero-order valence-corrected chi connectivity index (χ0v) is 13.0. The molecule has 1 aromatic carbocycles. The third-order valence-corrected chi connectivity index (χ3v) is 3.90. The lowest BCUT2D eigenvalue weighted by Gasteiger charge is -2.09. The number of fused-ring (bicyclic) bond motifs is 1. The van der Waals surface area contributed by atoms with Gasteiger partial charge in [0.15, 0.2) is 0 Å². The molecule has 0 atom stereocenters. The van der Waals surface area contributed by atoms with Crippen molar-refractivity contribution in [3.8, 4) is 11.3 Å². The summed E-state index contributed by atoms with van der Waals surface area (Å²) in [6, 6.07) is 11.2. The minimum Gasteiger partial charge on any atom is -0.478 e. The molecule has 0 aliphatic heterocycles. The van der Waals surface area contributed by atoms with Crippen LogP contribution in [-0.4, -0.2) is 21.0 Å². The van der Waals surface area contributed by atoms with E-state index in [9.17, 15) is 9.90 Å². The summed E-state index contributed by atoms with van der Waals surface area (Å²) < 4.78 is 0. The van der Waals surface area contributed by atoms with Crippen LogP contribution in [0, 0.1) is 0 Å². The maximum atomic E-state index is 11.7. The van der Waals surface area contributed by atoms with Crippen LogP contribution in [0.1, 0.15) is 35.7 Å². The Balaban J connectivity index is 2.15. The van der Waals surface area contributed by atoms with Crippen molar-refractivity contribution < 1.29 is 9.90 Å². The molecule has 116 valence electrons. The Morgan fingerprint density at radius 2 is 1.91 bits per heavy atom. The van der Waals surface area contributed by atoms with Crippen LogP contribution in [0.2, 0.25) is 0 Å². The predicted octanol–water partition coefficient (Wildman–Crippen LogP) is 4.34. The molecule has 0 saturated heterocycles. The number of pyridine rings is 2. The van der Waals surface area contributed by atoms with Crippen molar-refractivity contribution in [2.45, 2.75) is 26.2 Å². The Morgan fingerprint density at radius 1 is 1.13 bits per heavy atom. The lowest BCUT2D eigenvalue weighted by molar-refractivity contribution is 0.0699. The van der Waals surface area contributed by atoms with Gasteiger partial charge in [-0.15, -0.1) is 0 Å². The van der Waals surface area contributed by atoms with Crippen LogP contribution in [0.5, 0.6) is 0 Å². The molecule has 0 radical (unpaired) electrons. The van der Waals surface area contributed by atoms with Gasteiger partial charge in [0.2, 0.25) is 0 Å². The summed E-state index contributed by atoms with van der Waals surface area (Å²) >= 11 is 0. The SMILES string of the molecule is CCCCc1ccc2nc(-c3ccncc3)cc(C(=O)O)c2c1. The predicted molar refractivity (Wildman–Crippen MR) is 90.5 cm³/mol. The molecule has 0 saturated carbocycles. The summed E-state index contributed by atoms with van der Waals surface area (Å²) in [6.07, 6.45) is 6.52. The maximum absolute atomic E-state index is 11.7. The van der Waals surface area contributed by atoms with E-state index in [0.717, 1.165) is 30.4 Å². The van der Waals surface area contributed by atoms with Gasteiger partial charge in [-0.25, -0.2) is 9.78 Å². The van der Waals surface area contributed by atoms with Crippen molar-refractivity contribution in [2.75, 3.05) is 0 Å². The Hall–Kier alpha value is -2.75. The molecular weight excluding hydrogens is 288 g/mol. The topological polar surface area (TPSA) is 63.1 Å². The molecule has 0 unspecified atom stereocenters. The fraction of sp³-hybridized carbons (Fsp3) is 0.211. The fourth-order valence-corrected chi connectivity index (χ4v) is 2.66. The number of unbranched alkanes of at least 4 members (excludes halogenated alkanes) is 1. The lowest BCUT2D eigenvalue weighted by Crippen LogP contribution is -2.01. The molecule has 2 heterocycles. The van der Waals surface area contributed by atoms with Crippen LogP contribution in [0.15, 0.2) is 48.8 Å². The zero-order chi connectivity index (χ0) is 16.2. The molecule has 23 heavy (non-hydrogen) atoms. The van der Waals surface area contributed by atoms with E-state index in [1.165, 1.54) is 0 Å². The zero-order valence-electron chi connectivity index (χ0n) is 13.0. The Bertz CT molecular complexity index is 845. The molecule has 0 aliphatic carbocycles. The summed E-state index contributed by atoms with van der Waals surface area (Å²) in [4.78, 5) is 20.3. The van der Waals surface area contributed by atoms with Gasteiger partial charge in [-0.2, -0.15) is 0 Å². The molecule has 0 amide bonds. The number of carboxylic acids is 1. The van der Waals surface area contributed by atoms with Gasteiger partial charge in [0.25, 0.3) is 0 Å². The molecule has 0 bridgehead atoms. The van der Waals surface area contributed by atoms with Gasteiger partial charge in [0.05, 0.1) is 16.8 Å². The number of aryl methyl sites for hydroxylation is 1. The van der Waals surface area contributed by atoms with E-state index in [0.29, 0.717) is 22.2 Å². The number of rotatable bonds is 5. The van der Waals surface area contributed by atoms with Crippen molar-refractivity contribution >= 4 is 16.9 Å². The number of hydrogen-bond acceptors (Lipinski definition) is 3. The van der Waals surface area contributed by atoms with Crippen molar-refractivity contribution in [1.82, 2.24) is 9.97 Å². The summed E-state index contributed by atoms with van der Waals surface area (Å²) in [7, 11) is 0. The van der Waals surface area contributed by atoms with E-state index >= 15 is 0 Å². The van der Waals surface area contributed by atoms with Crippen molar-refractivity contribution in [3.63, 3.8) is 0 Å². The van der Waals surface area contributed by atoms with Crippen LogP contribution in [0.25, 0.3) is 22.2 Å². The maximum Gasteiger partial charge on any atom is 0.336 e. The van der Waals surface area contributed by atoms with Gasteiger partial charge in [0.1, 0.15) is 0 Å². The molecule has 4 heteroatoms. The minimum absolute atomic E-state index is 0.292. The molecule has 2 aromatic heterocycles. The third kappa shape index (κ3) is 3.21. The first kappa shape index (κ1) is 15.2. The second kappa shape index (κ2) is 6.57. The van der Waals surface area contributed by atoms with Gasteiger partial charge in [-0.05, 0) is 48.7 Å². The highest BCUT2D eigenvalue weighted by Gasteiger charge is 2.13. The van der Waals surface area contributed by atoms with Gasteiger partial charge >= 0.3 is 5.97 Å². The van der Waals surface area contributed by atoms with Gasteiger partial charge in [0, 0.05) is 23.3 Å². The molecule has 0 fully saturated rings. The van der Waals surface area contributed by atoms with Gasteiger partial charge < -0.3 is 5.11 Å². The third-order valence-electron chi connectivity index (χ3n) is 3.90. The van der Waals surface area contributed by atoms with Crippen LogP contribution in [0.4, 0.5) is 0 Å². The molecule has 4 nitrogen and oxygen atoms in total. The average molecular weight is 306 g/mol. The summed E-state index contributed by atoms with van der Waals surface area (Å²) in [6.45, 7) is 2.15. The van der Waals surface area contributed by atoms with E-state index in [2.05, 4.69) is 16.9 Å². The van der Waals surface area contributed by atoms with Crippen LogP contribution in [-0.2, 0) is 6.42 Å². The molecule has 0 spiro atoms. The normalized spacial score (nSPS) is 10.8. The molecular formula is C19H18N2O2. The monoisotopic (exact) mass is 306 g/mol. The Morgan fingerprint density at radius 3 is 2.61 bits per heavy atom. The number of carbonyl (C=O) groups is 1.